The first kappa shape index (κ1) is 13.1. The fourth-order valence-corrected chi connectivity index (χ4v) is 2.29. The minimum Gasteiger partial charge on any atom is -0.271 e. The van der Waals surface area contributed by atoms with Crippen LogP contribution in [-0.2, 0) is 5.41 Å². The van der Waals surface area contributed by atoms with E-state index in [1.54, 1.807) is 0 Å². The second-order valence-corrected chi connectivity index (χ2v) is 5.12. The van der Waals surface area contributed by atoms with Gasteiger partial charge in [0.05, 0.1) is 0 Å². The first-order chi connectivity index (χ1) is 7.39. The lowest BCUT2D eigenvalue weighted by Crippen LogP contribution is -2.51. The van der Waals surface area contributed by atoms with Gasteiger partial charge in [-0.25, -0.2) is 4.39 Å². The fraction of sp³-hybridized carbons (Fsp3) is 0.538. The zero-order valence-corrected chi connectivity index (χ0v) is 10.4. The van der Waals surface area contributed by atoms with Crippen molar-refractivity contribution in [3.63, 3.8) is 0 Å². The summed E-state index contributed by atoms with van der Waals surface area (Å²) in [7, 11) is 0. The minimum atomic E-state index is -0.207. The molecule has 3 heteroatoms. The number of hydrogen-bond acceptors (Lipinski definition) is 2. The first-order valence-corrected chi connectivity index (χ1v) is 5.61. The zero-order valence-electron chi connectivity index (χ0n) is 10.4. The minimum absolute atomic E-state index is 0.128. The maximum atomic E-state index is 12.9. The molecule has 1 atom stereocenters. The molecule has 0 radical (unpaired) electrons. The maximum Gasteiger partial charge on any atom is 0.123 e. The van der Waals surface area contributed by atoms with E-state index in [0.717, 1.165) is 5.56 Å². The Morgan fingerprint density at radius 2 is 1.69 bits per heavy atom. The Morgan fingerprint density at radius 3 is 2.06 bits per heavy atom. The van der Waals surface area contributed by atoms with E-state index in [1.165, 1.54) is 12.1 Å². The second kappa shape index (κ2) is 4.93. The van der Waals surface area contributed by atoms with Crippen LogP contribution in [0.2, 0.25) is 0 Å². The van der Waals surface area contributed by atoms with Gasteiger partial charge in [0.15, 0.2) is 0 Å². The van der Waals surface area contributed by atoms with Crippen molar-refractivity contribution < 1.29 is 4.39 Å². The van der Waals surface area contributed by atoms with E-state index in [0.29, 0.717) is 5.92 Å². The molecule has 0 fully saturated rings. The van der Waals surface area contributed by atoms with Gasteiger partial charge in [-0.3, -0.25) is 11.3 Å². The predicted octanol–water partition coefficient (Wildman–Crippen LogP) is 2.59. The van der Waals surface area contributed by atoms with Crippen LogP contribution in [0.5, 0.6) is 0 Å². The topological polar surface area (TPSA) is 38.0 Å². The Labute approximate surface area is 97.0 Å². The summed E-state index contributed by atoms with van der Waals surface area (Å²) in [5.41, 5.74) is 3.82. The largest absolute Gasteiger partial charge is 0.271 e. The average molecular weight is 224 g/mol. The Morgan fingerprint density at radius 1 is 1.19 bits per heavy atom. The van der Waals surface area contributed by atoms with E-state index in [2.05, 4.69) is 33.1 Å². The highest BCUT2D eigenvalue weighted by Crippen LogP contribution is 2.30. The molecule has 0 aliphatic carbocycles. The quantitative estimate of drug-likeness (QED) is 0.609. The van der Waals surface area contributed by atoms with E-state index in [1.807, 2.05) is 12.1 Å². The van der Waals surface area contributed by atoms with E-state index in [-0.39, 0.29) is 17.3 Å². The van der Waals surface area contributed by atoms with Gasteiger partial charge in [-0.05, 0) is 23.6 Å². The van der Waals surface area contributed by atoms with Crippen molar-refractivity contribution in [2.75, 3.05) is 0 Å². The summed E-state index contributed by atoms with van der Waals surface area (Å²) in [5.74, 6) is 5.80. The monoisotopic (exact) mass is 224 g/mol. The highest BCUT2D eigenvalue weighted by molar-refractivity contribution is 5.26. The number of rotatable bonds is 4. The summed E-state index contributed by atoms with van der Waals surface area (Å²) in [5, 5.41) is 0. The first-order valence-electron chi connectivity index (χ1n) is 5.61. The fourth-order valence-electron chi connectivity index (χ4n) is 2.29. The number of hydrazine groups is 1. The maximum absolute atomic E-state index is 12.9. The number of benzene rings is 1. The van der Waals surface area contributed by atoms with E-state index in [9.17, 15) is 4.39 Å². The Hall–Kier alpha value is -0.930. The molecule has 0 bridgehead atoms. The molecule has 0 saturated heterocycles. The van der Waals surface area contributed by atoms with Crippen LogP contribution in [0.25, 0.3) is 0 Å². The predicted molar refractivity (Wildman–Crippen MR) is 65.4 cm³/mol. The highest BCUT2D eigenvalue weighted by atomic mass is 19.1. The number of halogens is 1. The molecule has 0 aromatic heterocycles. The third-order valence-electron chi connectivity index (χ3n) is 3.21. The van der Waals surface area contributed by atoms with Crippen molar-refractivity contribution in [3.8, 4) is 0 Å². The van der Waals surface area contributed by atoms with Gasteiger partial charge in [0.2, 0.25) is 0 Å². The highest BCUT2D eigenvalue weighted by Gasteiger charge is 2.32. The molecule has 3 N–H and O–H groups in total. The lowest BCUT2D eigenvalue weighted by molar-refractivity contribution is 0.272. The molecule has 0 aliphatic rings. The number of nitrogens with one attached hydrogen (secondary N) is 1. The van der Waals surface area contributed by atoms with Crippen molar-refractivity contribution in [3.05, 3.63) is 35.6 Å². The molecule has 16 heavy (non-hydrogen) atoms. The molecule has 0 spiro atoms. The standard InChI is InChI=1S/C13H21FN2/c1-9(2)12(16-15)13(3,4)10-5-7-11(14)8-6-10/h5-9,12,16H,15H2,1-4H3. The molecule has 0 saturated carbocycles. The van der Waals surface area contributed by atoms with Crippen LogP contribution in [-0.4, -0.2) is 6.04 Å². The Balaban J connectivity index is 3.03. The Bertz CT molecular complexity index is 330. The normalized spacial score (nSPS) is 14.2. The van der Waals surface area contributed by atoms with Crippen LogP contribution in [0.3, 0.4) is 0 Å². The van der Waals surface area contributed by atoms with E-state index in [4.69, 9.17) is 5.84 Å². The molecular formula is C13H21FN2. The molecule has 1 rings (SSSR count). The van der Waals surface area contributed by atoms with Crippen molar-refractivity contribution in [1.29, 1.82) is 0 Å². The van der Waals surface area contributed by atoms with Gasteiger partial charge < -0.3 is 0 Å². The number of hydrogen-bond donors (Lipinski definition) is 2. The molecule has 1 aromatic carbocycles. The summed E-state index contributed by atoms with van der Waals surface area (Å²) < 4.78 is 12.9. The van der Waals surface area contributed by atoms with Crippen LogP contribution < -0.4 is 11.3 Å². The average Bonchev–Trinajstić information content (AvgIpc) is 2.18. The lowest BCUT2D eigenvalue weighted by atomic mass is 9.74. The Kier molecular flexibility index (Phi) is 4.05. The van der Waals surface area contributed by atoms with Crippen LogP contribution >= 0.6 is 0 Å². The van der Waals surface area contributed by atoms with Gasteiger partial charge in [-0.2, -0.15) is 0 Å². The van der Waals surface area contributed by atoms with Gasteiger partial charge in [-0.15, -0.1) is 0 Å². The van der Waals surface area contributed by atoms with Crippen LogP contribution in [0, 0.1) is 11.7 Å². The molecule has 1 unspecified atom stereocenters. The van der Waals surface area contributed by atoms with Gasteiger partial charge in [0.25, 0.3) is 0 Å². The second-order valence-electron chi connectivity index (χ2n) is 5.12. The smallest absolute Gasteiger partial charge is 0.123 e. The van der Waals surface area contributed by atoms with Crippen LogP contribution in [0.4, 0.5) is 4.39 Å². The van der Waals surface area contributed by atoms with Crippen molar-refractivity contribution >= 4 is 0 Å². The van der Waals surface area contributed by atoms with E-state index < -0.39 is 0 Å². The van der Waals surface area contributed by atoms with Crippen LogP contribution in [0.15, 0.2) is 24.3 Å². The molecule has 90 valence electrons. The lowest BCUT2D eigenvalue weighted by Gasteiger charge is -2.37. The molecule has 2 nitrogen and oxygen atoms in total. The third-order valence-corrected chi connectivity index (χ3v) is 3.21. The summed E-state index contributed by atoms with van der Waals surface area (Å²) in [6, 6.07) is 6.78. The number of nitrogens with two attached hydrogens (primary N) is 1. The van der Waals surface area contributed by atoms with Gasteiger partial charge in [0.1, 0.15) is 5.82 Å². The van der Waals surface area contributed by atoms with Crippen molar-refractivity contribution in [2.24, 2.45) is 11.8 Å². The van der Waals surface area contributed by atoms with Gasteiger partial charge in [0, 0.05) is 11.5 Å². The molecule has 1 aromatic rings. The van der Waals surface area contributed by atoms with Crippen molar-refractivity contribution in [2.45, 2.75) is 39.2 Å². The molecule has 0 aliphatic heterocycles. The molecule has 0 heterocycles. The summed E-state index contributed by atoms with van der Waals surface area (Å²) >= 11 is 0. The zero-order chi connectivity index (χ0) is 12.3. The SMILES string of the molecule is CC(C)C(NN)C(C)(C)c1ccc(F)cc1. The molecular weight excluding hydrogens is 203 g/mol. The molecule has 0 amide bonds. The van der Waals surface area contributed by atoms with Gasteiger partial charge in [-0.1, -0.05) is 39.8 Å². The van der Waals surface area contributed by atoms with Gasteiger partial charge >= 0.3 is 0 Å². The summed E-state index contributed by atoms with van der Waals surface area (Å²) in [6.07, 6.45) is 0. The summed E-state index contributed by atoms with van der Waals surface area (Å²) in [6.45, 7) is 8.47. The van der Waals surface area contributed by atoms with Crippen molar-refractivity contribution in [1.82, 2.24) is 5.43 Å². The summed E-state index contributed by atoms with van der Waals surface area (Å²) in [4.78, 5) is 0. The third kappa shape index (κ3) is 2.60. The van der Waals surface area contributed by atoms with E-state index >= 15 is 0 Å². The van der Waals surface area contributed by atoms with Crippen LogP contribution in [0.1, 0.15) is 33.3 Å².